The van der Waals surface area contributed by atoms with Crippen molar-refractivity contribution in [2.75, 3.05) is 5.32 Å². The van der Waals surface area contributed by atoms with Gasteiger partial charge in [0.2, 0.25) is 5.91 Å². The Morgan fingerprint density at radius 2 is 1.16 bits per heavy atom. The fraction of sp³-hybridized carbons (Fsp3) is 0.786. The maximum absolute atomic E-state index is 12.7. The van der Waals surface area contributed by atoms with Crippen LogP contribution in [0, 0.1) is 0 Å². The first kappa shape index (κ1) is 24.3. The fourth-order valence-electron chi connectivity index (χ4n) is 5.40. The number of carbonyl (C=O) groups excluding carboxylic acids is 1. The molecule has 2 aliphatic carbocycles. The van der Waals surface area contributed by atoms with Crippen molar-refractivity contribution in [3.8, 4) is 0 Å². The van der Waals surface area contributed by atoms with Crippen LogP contribution in [0.2, 0.25) is 0 Å². The van der Waals surface area contributed by atoms with E-state index in [9.17, 15) is 4.79 Å². The Morgan fingerprint density at radius 3 is 1.77 bits per heavy atom. The van der Waals surface area contributed by atoms with Gasteiger partial charge in [-0.1, -0.05) is 84.0 Å². The molecule has 2 aliphatic rings. The zero-order valence-electron chi connectivity index (χ0n) is 20.2. The Kier molecular flexibility index (Phi) is 10.9. The molecular formula is C28H46N2O. The number of fused-ring (bicyclic) bond motifs is 2. The monoisotopic (exact) mass is 426 g/mol. The van der Waals surface area contributed by atoms with E-state index >= 15 is 0 Å². The maximum atomic E-state index is 12.7. The first-order chi connectivity index (χ1) is 15.3. The second kappa shape index (κ2) is 13.9. The third kappa shape index (κ3) is 7.91. The Hall–Kier alpha value is -1.38. The van der Waals surface area contributed by atoms with E-state index in [1.165, 1.54) is 119 Å². The molecule has 1 aromatic rings. The molecule has 0 aromatic carbocycles. The lowest BCUT2D eigenvalue weighted by Crippen LogP contribution is -2.18. The molecule has 0 radical (unpaired) electrons. The van der Waals surface area contributed by atoms with Crippen LogP contribution in [0.5, 0.6) is 0 Å². The summed E-state index contributed by atoms with van der Waals surface area (Å²) in [4.78, 5) is 17.6. The molecule has 0 saturated carbocycles. The molecule has 1 heterocycles. The predicted molar refractivity (Wildman–Crippen MR) is 132 cm³/mol. The number of carbonyl (C=O) groups is 1. The second-order valence-corrected chi connectivity index (χ2v) is 9.94. The molecule has 0 aliphatic heterocycles. The van der Waals surface area contributed by atoms with Gasteiger partial charge in [-0.2, -0.15) is 0 Å². The van der Waals surface area contributed by atoms with Crippen molar-refractivity contribution in [2.24, 2.45) is 0 Å². The number of unbranched alkanes of at least 4 members (excludes halogenated alkanes) is 12. The summed E-state index contributed by atoms with van der Waals surface area (Å²) in [6.07, 6.45) is 26.2. The molecule has 0 spiro atoms. The van der Waals surface area contributed by atoms with Crippen molar-refractivity contribution in [1.82, 2.24) is 4.98 Å². The first-order valence-electron chi connectivity index (χ1n) is 13.6. The smallest absolute Gasteiger partial charge is 0.224 e. The lowest BCUT2D eigenvalue weighted by atomic mass is 9.92. The topological polar surface area (TPSA) is 42.0 Å². The van der Waals surface area contributed by atoms with E-state index in [4.69, 9.17) is 4.98 Å². The van der Waals surface area contributed by atoms with Crippen LogP contribution >= 0.6 is 0 Å². The number of pyridine rings is 1. The molecular weight excluding hydrogens is 380 g/mol. The van der Waals surface area contributed by atoms with Crippen LogP contribution in [0.1, 0.15) is 139 Å². The Bertz CT molecular complexity index is 682. The molecule has 0 atom stereocenters. The fourth-order valence-corrected chi connectivity index (χ4v) is 5.40. The van der Waals surface area contributed by atoms with Crippen LogP contribution in [-0.2, 0) is 30.5 Å². The summed E-state index contributed by atoms with van der Waals surface area (Å²) in [5.74, 6) is 0.219. The van der Waals surface area contributed by atoms with Crippen LogP contribution in [-0.4, -0.2) is 10.9 Å². The normalized spacial score (nSPS) is 15.0. The second-order valence-electron chi connectivity index (χ2n) is 9.94. The summed E-state index contributed by atoms with van der Waals surface area (Å²) in [7, 11) is 0. The molecule has 31 heavy (non-hydrogen) atoms. The highest BCUT2D eigenvalue weighted by atomic mass is 16.1. The molecule has 0 bridgehead atoms. The lowest BCUT2D eigenvalue weighted by Gasteiger charge is -2.22. The van der Waals surface area contributed by atoms with Crippen LogP contribution in [0.4, 0.5) is 5.69 Å². The van der Waals surface area contributed by atoms with Crippen LogP contribution in [0.25, 0.3) is 0 Å². The SMILES string of the molecule is CCCCCCCCCCCCCCCC(=O)Nc1c2c(nc3c1CCC3)CCCC2. The van der Waals surface area contributed by atoms with Crippen LogP contribution < -0.4 is 5.32 Å². The minimum atomic E-state index is 0.219. The van der Waals surface area contributed by atoms with Gasteiger partial charge in [0.05, 0.1) is 5.69 Å². The third-order valence-electron chi connectivity index (χ3n) is 7.27. The number of nitrogens with one attached hydrogen (secondary N) is 1. The Morgan fingerprint density at radius 1 is 0.677 bits per heavy atom. The standard InChI is InChI=1S/C28H46N2O/c1-2-3-4-5-6-7-8-9-10-11-12-13-14-22-27(31)30-28-23-18-15-16-20-25(23)29-26-21-17-19-24(26)28/h2-22H2,1H3,(H,29,30,31). The van der Waals surface area contributed by atoms with Gasteiger partial charge in [-0.3, -0.25) is 9.78 Å². The Labute approximate surface area is 191 Å². The molecule has 3 rings (SSSR count). The van der Waals surface area contributed by atoms with E-state index in [1.807, 2.05) is 0 Å². The van der Waals surface area contributed by atoms with E-state index in [0.29, 0.717) is 6.42 Å². The number of anilines is 1. The van der Waals surface area contributed by atoms with Crippen molar-refractivity contribution in [3.63, 3.8) is 0 Å². The number of amides is 1. The van der Waals surface area contributed by atoms with Gasteiger partial charge in [-0.25, -0.2) is 0 Å². The number of aromatic nitrogens is 1. The van der Waals surface area contributed by atoms with Gasteiger partial charge in [0.1, 0.15) is 0 Å². The van der Waals surface area contributed by atoms with E-state index < -0.39 is 0 Å². The van der Waals surface area contributed by atoms with Gasteiger partial charge in [-0.15, -0.1) is 0 Å². The van der Waals surface area contributed by atoms with E-state index in [-0.39, 0.29) is 5.91 Å². The number of aryl methyl sites for hydroxylation is 2. The molecule has 3 nitrogen and oxygen atoms in total. The summed E-state index contributed by atoms with van der Waals surface area (Å²) < 4.78 is 0. The maximum Gasteiger partial charge on any atom is 0.224 e. The van der Waals surface area contributed by atoms with E-state index in [0.717, 1.165) is 37.8 Å². The van der Waals surface area contributed by atoms with Gasteiger partial charge in [0.15, 0.2) is 0 Å². The number of hydrogen-bond donors (Lipinski definition) is 1. The quantitative estimate of drug-likeness (QED) is 0.290. The van der Waals surface area contributed by atoms with Crippen molar-refractivity contribution in [3.05, 3.63) is 22.5 Å². The molecule has 3 heteroatoms. The molecule has 174 valence electrons. The minimum Gasteiger partial charge on any atom is -0.325 e. The van der Waals surface area contributed by atoms with Crippen LogP contribution in [0.15, 0.2) is 0 Å². The van der Waals surface area contributed by atoms with Crippen LogP contribution in [0.3, 0.4) is 0 Å². The average molecular weight is 427 g/mol. The largest absolute Gasteiger partial charge is 0.325 e. The summed E-state index contributed by atoms with van der Waals surface area (Å²) in [6.45, 7) is 2.28. The first-order valence-corrected chi connectivity index (χ1v) is 13.6. The molecule has 1 N–H and O–H groups in total. The van der Waals surface area contributed by atoms with E-state index in [1.54, 1.807) is 0 Å². The molecule has 1 aromatic heterocycles. The zero-order chi connectivity index (χ0) is 21.7. The summed E-state index contributed by atoms with van der Waals surface area (Å²) in [5, 5.41) is 3.33. The van der Waals surface area contributed by atoms with Gasteiger partial charge >= 0.3 is 0 Å². The van der Waals surface area contributed by atoms with Crippen molar-refractivity contribution in [1.29, 1.82) is 0 Å². The molecule has 1 amide bonds. The molecule has 0 fully saturated rings. The van der Waals surface area contributed by atoms with Gasteiger partial charge in [0, 0.05) is 17.8 Å². The summed E-state index contributed by atoms with van der Waals surface area (Å²) >= 11 is 0. The minimum absolute atomic E-state index is 0.219. The van der Waals surface area contributed by atoms with Crippen molar-refractivity contribution in [2.45, 2.75) is 142 Å². The average Bonchev–Trinajstić information content (AvgIpc) is 3.25. The number of nitrogens with zero attached hydrogens (tertiary/aromatic N) is 1. The third-order valence-corrected chi connectivity index (χ3v) is 7.27. The number of rotatable bonds is 15. The number of hydrogen-bond acceptors (Lipinski definition) is 2. The highest BCUT2D eigenvalue weighted by Crippen LogP contribution is 2.36. The highest BCUT2D eigenvalue weighted by molar-refractivity contribution is 5.92. The lowest BCUT2D eigenvalue weighted by molar-refractivity contribution is -0.116. The van der Waals surface area contributed by atoms with Crippen molar-refractivity contribution >= 4 is 11.6 Å². The Balaban J connectivity index is 1.27. The highest BCUT2D eigenvalue weighted by Gasteiger charge is 2.25. The van der Waals surface area contributed by atoms with Gasteiger partial charge in [-0.05, 0) is 62.5 Å². The van der Waals surface area contributed by atoms with Crippen molar-refractivity contribution < 1.29 is 4.79 Å². The summed E-state index contributed by atoms with van der Waals surface area (Å²) in [5.41, 5.74) is 6.39. The van der Waals surface area contributed by atoms with E-state index in [2.05, 4.69) is 12.2 Å². The van der Waals surface area contributed by atoms with Gasteiger partial charge < -0.3 is 5.32 Å². The molecule has 0 saturated heterocycles. The zero-order valence-corrected chi connectivity index (χ0v) is 20.2. The summed E-state index contributed by atoms with van der Waals surface area (Å²) in [6, 6.07) is 0. The molecule has 0 unspecified atom stereocenters. The predicted octanol–water partition coefficient (Wildman–Crippen LogP) is 7.87. The van der Waals surface area contributed by atoms with Gasteiger partial charge in [0.25, 0.3) is 0 Å².